The second kappa shape index (κ2) is 57.1. The van der Waals surface area contributed by atoms with Crippen LogP contribution in [0.2, 0.25) is 0 Å². The minimum atomic E-state index is -0.836. The third kappa shape index (κ3) is 54.5. The quantitative estimate of drug-likeness (QED) is 0.0262. The molecule has 0 saturated carbocycles. The highest BCUT2D eigenvalue weighted by Crippen LogP contribution is 2.13. The maximum atomic E-state index is 12.8. The van der Waals surface area contributed by atoms with Gasteiger partial charge in [0.2, 0.25) is 0 Å². The van der Waals surface area contributed by atoms with E-state index in [1.165, 1.54) is 57.8 Å². The van der Waals surface area contributed by atoms with Gasteiger partial charge in [0.05, 0.1) is 6.42 Å². The van der Waals surface area contributed by atoms with Gasteiger partial charge in [0.1, 0.15) is 13.2 Å². The minimum Gasteiger partial charge on any atom is -0.462 e. The van der Waals surface area contributed by atoms with Crippen LogP contribution in [0.5, 0.6) is 0 Å². The summed E-state index contributed by atoms with van der Waals surface area (Å²) in [5.74, 6) is -1.09. The van der Waals surface area contributed by atoms with E-state index in [4.69, 9.17) is 14.2 Å². The van der Waals surface area contributed by atoms with Gasteiger partial charge in [-0.05, 0) is 116 Å². The summed E-state index contributed by atoms with van der Waals surface area (Å²) in [7, 11) is 0. The maximum absolute atomic E-state index is 12.8. The largest absolute Gasteiger partial charge is 0.462 e. The topological polar surface area (TPSA) is 78.9 Å². The average molecular weight is 968 g/mol. The Morgan fingerprint density at radius 1 is 0.314 bits per heavy atom. The van der Waals surface area contributed by atoms with Crippen LogP contribution in [-0.4, -0.2) is 37.2 Å². The monoisotopic (exact) mass is 967 g/mol. The number of allylic oxidation sites excluding steroid dienone is 21. The third-order valence-electron chi connectivity index (χ3n) is 11.4. The Morgan fingerprint density at radius 2 is 0.614 bits per heavy atom. The summed E-state index contributed by atoms with van der Waals surface area (Å²) in [6.07, 6.45) is 80.3. The van der Waals surface area contributed by atoms with E-state index in [-0.39, 0.29) is 38.0 Å². The van der Waals surface area contributed by atoms with E-state index in [9.17, 15) is 14.4 Å². The molecule has 0 aliphatic carbocycles. The Bertz CT molecular complexity index is 1530. The molecule has 0 saturated heterocycles. The zero-order valence-corrected chi connectivity index (χ0v) is 45.0. The van der Waals surface area contributed by atoms with Crippen molar-refractivity contribution in [2.75, 3.05) is 13.2 Å². The highest BCUT2D eigenvalue weighted by atomic mass is 16.6. The van der Waals surface area contributed by atoms with Crippen molar-refractivity contribution in [3.05, 3.63) is 134 Å². The molecule has 6 heteroatoms. The van der Waals surface area contributed by atoms with Crippen molar-refractivity contribution < 1.29 is 28.6 Å². The van der Waals surface area contributed by atoms with Crippen LogP contribution in [0.3, 0.4) is 0 Å². The Labute approximate surface area is 430 Å². The number of hydrogen-bond acceptors (Lipinski definition) is 6. The fourth-order valence-electron chi connectivity index (χ4n) is 7.24. The van der Waals surface area contributed by atoms with Gasteiger partial charge in [-0.25, -0.2) is 0 Å². The molecule has 0 fully saturated rings. The summed E-state index contributed by atoms with van der Waals surface area (Å²) in [6.45, 7) is 6.29. The summed E-state index contributed by atoms with van der Waals surface area (Å²) >= 11 is 0. The Balaban J connectivity index is 4.54. The van der Waals surface area contributed by atoms with Gasteiger partial charge in [0, 0.05) is 12.8 Å². The molecule has 0 aromatic heterocycles. The number of rotatable bonds is 49. The third-order valence-corrected chi connectivity index (χ3v) is 11.4. The van der Waals surface area contributed by atoms with Crippen LogP contribution < -0.4 is 0 Å². The van der Waals surface area contributed by atoms with Crippen LogP contribution in [0.1, 0.15) is 233 Å². The van der Waals surface area contributed by atoms with Crippen molar-refractivity contribution in [3.8, 4) is 0 Å². The zero-order chi connectivity index (χ0) is 50.7. The minimum absolute atomic E-state index is 0.116. The second-order valence-corrected chi connectivity index (χ2v) is 18.1. The first-order valence-electron chi connectivity index (χ1n) is 28.2. The number of unbranched alkanes of at least 4 members (excludes halogenated alkanes) is 17. The van der Waals surface area contributed by atoms with E-state index in [1.807, 2.05) is 6.08 Å². The molecule has 0 radical (unpaired) electrons. The zero-order valence-electron chi connectivity index (χ0n) is 45.0. The van der Waals surface area contributed by atoms with Gasteiger partial charge in [0.15, 0.2) is 6.10 Å². The molecule has 0 rings (SSSR count). The lowest BCUT2D eigenvalue weighted by molar-refractivity contribution is -0.166. The molecule has 6 nitrogen and oxygen atoms in total. The highest BCUT2D eigenvalue weighted by Gasteiger charge is 2.19. The Kier molecular flexibility index (Phi) is 53.5. The van der Waals surface area contributed by atoms with Crippen molar-refractivity contribution >= 4 is 17.9 Å². The molecule has 0 aliphatic heterocycles. The molecule has 0 bridgehead atoms. The molecule has 394 valence electrons. The van der Waals surface area contributed by atoms with Crippen LogP contribution in [0.4, 0.5) is 0 Å². The van der Waals surface area contributed by atoms with E-state index >= 15 is 0 Å². The van der Waals surface area contributed by atoms with Gasteiger partial charge < -0.3 is 14.2 Å². The van der Waals surface area contributed by atoms with E-state index < -0.39 is 12.1 Å². The molecule has 0 spiro atoms. The lowest BCUT2D eigenvalue weighted by Crippen LogP contribution is -2.30. The van der Waals surface area contributed by atoms with Crippen LogP contribution in [0.25, 0.3) is 0 Å². The molecule has 0 aromatic carbocycles. The molecular weight excluding hydrogens is 865 g/mol. The maximum Gasteiger partial charge on any atom is 0.309 e. The van der Waals surface area contributed by atoms with Crippen LogP contribution >= 0.6 is 0 Å². The summed E-state index contributed by atoms with van der Waals surface area (Å²) in [5, 5.41) is 0. The predicted molar refractivity (Wildman–Crippen MR) is 302 cm³/mol. The molecule has 0 amide bonds. The highest BCUT2D eigenvalue weighted by molar-refractivity contribution is 5.72. The molecule has 1 unspecified atom stereocenters. The predicted octanol–water partition coefficient (Wildman–Crippen LogP) is 19.0. The first-order valence-corrected chi connectivity index (χ1v) is 28.2. The second-order valence-electron chi connectivity index (χ2n) is 18.1. The molecule has 0 N–H and O–H groups in total. The van der Waals surface area contributed by atoms with E-state index in [1.54, 1.807) is 6.08 Å². The van der Waals surface area contributed by atoms with Gasteiger partial charge in [-0.1, -0.05) is 231 Å². The van der Waals surface area contributed by atoms with Gasteiger partial charge in [-0.3, -0.25) is 14.4 Å². The smallest absolute Gasteiger partial charge is 0.309 e. The normalized spacial score (nSPS) is 13.1. The van der Waals surface area contributed by atoms with Gasteiger partial charge >= 0.3 is 17.9 Å². The van der Waals surface area contributed by atoms with Crippen molar-refractivity contribution in [2.24, 2.45) is 0 Å². The van der Waals surface area contributed by atoms with Crippen molar-refractivity contribution in [1.29, 1.82) is 0 Å². The molecule has 70 heavy (non-hydrogen) atoms. The Morgan fingerprint density at radius 3 is 1.01 bits per heavy atom. The van der Waals surface area contributed by atoms with Crippen molar-refractivity contribution in [1.82, 2.24) is 0 Å². The van der Waals surface area contributed by atoms with Gasteiger partial charge in [-0.2, -0.15) is 0 Å². The first-order chi connectivity index (χ1) is 34.5. The first kappa shape index (κ1) is 65.5. The molecule has 1 atom stereocenters. The number of carbonyl (C=O) groups is 3. The Hall–Kier alpha value is -4.45. The van der Waals surface area contributed by atoms with Crippen LogP contribution in [-0.2, 0) is 28.6 Å². The van der Waals surface area contributed by atoms with Crippen LogP contribution in [0.15, 0.2) is 134 Å². The summed E-state index contributed by atoms with van der Waals surface area (Å²) < 4.78 is 16.7. The summed E-state index contributed by atoms with van der Waals surface area (Å²) in [5.41, 5.74) is 0. The standard InChI is InChI=1S/C64H102O6/c1-4-7-10-13-16-19-22-25-28-30-31-32-33-34-37-39-42-45-48-51-54-57-63(66)69-60-61(59-68-62(65)56-53-50-47-44-41-38-35-27-24-21-18-15-12-9-6-3)70-64(67)58-55-52-49-46-43-40-36-29-26-23-20-17-14-11-8-5-2/h7,9-10,12,16,18-19,21,25,27-29,31-32,34-37,41,44,50,53,61H,4-6,8,11,13-15,17,20,22-24,26,30,33,38-40,42-43,45-49,51-52,54-60H2,1-3H3/b10-7-,12-9-,19-16-,21-18-,28-25-,32-31-,35-27-,36-29-,37-34-,44-41-,53-50-. The lowest BCUT2D eigenvalue weighted by Gasteiger charge is -2.18. The lowest BCUT2D eigenvalue weighted by atomic mass is 10.1. The van der Waals surface area contributed by atoms with Crippen LogP contribution in [0, 0.1) is 0 Å². The van der Waals surface area contributed by atoms with Gasteiger partial charge in [0.25, 0.3) is 0 Å². The van der Waals surface area contributed by atoms with Crippen molar-refractivity contribution in [3.63, 3.8) is 0 Å². The summed E-state index contributed by atoms with van der Waals surface area (Å²) in [6, 6.07) is 0. The summed E-state index contributed by atoms with van der Waals surface area (Å²) in [4.78, 5) is 38.1. The molecule has 0 aromatic rings. The van der Waals surface area contributed by atoms with E-state index in [0.29, 0.717) is 6.42 Å². The van der Waals surface area contributed by atoms with E-state index in [2.05, 4.69) is 142 Å². The number of esters is 3. The molecular formula is C64H102O6. The SMILES string of the molecule is CC/C=C\C/C=C\C/C=C\C/C=C\C/C=C\CCCCCCCC(=O)OCC(COC(=O)C/C=C\C/C=C\C/C=C\C/C=C\C/C=C\CC)OC(=O)CCCCCCC/C=C\CCCCCCCCC. The van der Waals surface area contributed by atoms with Gasteiger partial charge in [-0.15, -0.1) is 0 Å². The number of hydrogen-bond donors (Lipinski definition) is 0. The number of carbonyl (C=O) groups excluding carboxylic acids is 3. The van der Waals surface area contributed by atoms with Crippen molar-refractivity contribution in [2.45, 2.75) is 239 Å². The molecule has 0 heterocycles. The van der Waals surface area contributed by atoms with E-state index in [0.717, 1.165) is 135 Å². The fourth-order valence-corrected chi connectivity index (χ4v) is 7.24. The number of ether oxygens (including phenoxy) is 3. The fraction of sp³-hybridized carbons (Fsp3) is 0.609. The molecule has 0 aliphatic rings. The average Bonchev–Trinajstić information content (AvgIpc) is 3.36.